The first-order valence-electron chi connectivity index (χ1n) is 0. The predicted octanol–water partition coefficient (Wildman–Crippen LogP) is -70.4. The zero-order valence-corrected chi connectivity index (χ0v) is 98.9. The quantitative estimate of drug-likeness (QED) is 0.204. The Bertz CT molecular complexity index is 144. The molecule has 0 aliphatic rings. The summed E-state index contributed by atoms with van der Waals surface area (Å²) in [7, 11) is 0. The van der Waals surface area contributed by atoms with Crippen molar-refractivity contribution >= 4 is 340 Å². The molecule has 53 nitrogen and oxygen atoms in total. The minimum absolute atomic E-state index is 0. The van der Waals surface area contributed by atoms with Crippen LogP contribution in [-0.2, 0) is 142 Å². The summed E-state index contributed by atoms with van der Waals surface area (Å²) in [6, 6.07) is 0. The van der Waals surface area contributed by atoms with Crippen LogP contribution in [0.3, 0.4) is 0 Å². The van der Waals surface area contributed by atoms with Gasteiger partial charge in [0.25, 0.3) is 0 Å². The summed E-state index contributed by atoms with van der Waals surface area (Å²) in [5, 5.41) is 0. The molecule has 0 unspecified atom stereocenters. The van der Waals surface area contributed by atoms with Gasteiger partial charge in [-0.15, -0.1) is 0 Å². The van der Waals surface area contributed by atoms with Crippen molar-refractivity contribution in [2.45, 2.75) is 0 Å². The van der Waals surface area contributed by atoms with Gasteiger partial charge in [-0.25, -0.2) is 0 Å². The second-order valence-electron chi connectivity index (χ2n) is 0. The van der Waals surface area contributed by atoms with Crippen LogP contribution in [0.2, 0.25) is 0 Å². The molecule has 0 bridgehead atoms. The molecule has 424 valence electrons. The SMILES string of the molecule is O.O.O.O.O.O.O.O.O.O.O.O.O.O.O.O.O.O.O.O.O.O.O.O.O.O.O.[Al+3].[Al+3].[Al+3].[Al+3].[Al+3].[Al+3].[Al+3].[Al+3].[Al+3].[Al+3].[Al+3].[Al+3].[Na+].[Na+].[Na+].[Na+].[Na+].[Na+].[Na+].[Na+].[Na+].[Na+].[Na+].[Na+].[O-2].[O-2].[O-2].[O-2].[O-2].[O-2].[O-2].[O-2].[O-2].[O-2].[O-2].[O-2].[O-2].[O-2].[O-2].[O-2].[O-2].[O-2].[O-2].[O-2].[O-2].[O-2].[O-2].[O-2].[O-2].[O-2].[Si+4].[Si+4].[Si+4].[Si+4].[Si+4].[Si+4].[Si+4].[Si+4].[Si+4].[Si+4].[Si+4].[Si+4]. The monoisotopic (exact) mass is 1840 g/mol. The summed E-state index contributed by atoms with van der Waals surface area (Å²) < 4.78 is 0. The minimum atomic E-state index is 0. The van der Waals surface area contributed by atoms with Crippen LogP contribution >= 0.6 is 0 Å². The molecule has 0 aliphatic heterocycles. The van der Waals surface area contributed by atoms with Crippen molar-refractivity contribution in [3.63, 3.8) is 0 Å². The molecule has 0 aromatic carbocycles. The summed E-state index contributed by atoms with van der Waals surface area (Å²) in [5.74, 6) is 0. The van der Waals surface area contributed by atoms with Gasteiger partial charge in [-0.1, -0.05) is 0 Å². The summed E-state index contributed by atoms with van der Waals surface area (Å²) in [6.45, 7) is 0. The van der Waals surface area contributed by atoms with Gasteiger partial charge < -0.3 is 290 Å². The van der Waals surface area contributed by atoms with E-state index in [-0.39, 0.29) is 985 Å². The van der Waals surface area contributed by atoms with E-state index in [0.717, 1.165) is 0 Å². The Morgan fingerprint density at radius 3 is 0.0562 bits per heavy atom. The molecule has 54 N–H and O–H groups in total. The van der Waals surface area contributed by atoms with Gasteiger partial charge in [0.15, 0.2) is 0 Å². The Morgan fingerprint density at radius 2 is 0.0562 bits per heavy atom. The first kappa shape index (κ1) is 3460. The maximum atomic E-state index is 0. The molecule has 89 heteroatoms. The molecule has 0 spiro atoms. The molecule has 0 saturated carbocycles. The Labute approximate surface area is 965 Å². The predicted molar refractivity (Wildman–Crippen MR) is 254 cm³/mol. The third-order valence-corrected chi connectivity index (χ3v) is 0. The molecule has 0 aromatic rings. The summed E-state index contributed by atoms with van der Waals surface area (Å²) in [4.78, 5) is 0. The van der Waals surface area contributed by atoms with Gasteiger partial charge in [0.1, 0.15) is 0 Å². The Morgan fingerprint density at radius 1 is 0.0562 bits per heavy atom. The Hall–Kier alpha value is 18.9. The minimum Gasteiger partial charge on any atom is -2.00 e. The molecule has 89 heavy (non-hydrogen) atoms. The van der Waals surface area contributed by atoms with Gasteiger partial charge in [-0.2, -0.15) is 0 Å². The van der Waals surface area contributed by atoms with E-state index >= 15 is 0 Å². The average Bonchev–Trinajstić information content (AvgIpc) is 0. The van der Waals surface area contributed by atoms with Crippen LogP contribution in [0.5, 0.6) is 0 Å². The van der Waals surface area contributed by atoms with Gasteiger partial charge in [0, 0.05) is 0 Å². The Balaban J connectivity index is 0. The molecule has 0 atom stereocenters. The van der Waals surface area contributed by atoms with Crippen molar-refractivity contribution in [1.29, 1.82) is 0 Å². The summed E-state index contributed by atoms with van der Waals surface area (Å²) in [5.41, 5.74) is 0. The van der Waals surface area contributed by atoms with E-state index < -0.39 is 0 Å². The van der Waals surface area contributed by atoms with E-state index in [2.05, 4.69) is 0 Å². The second-order valence-corrected chi connectivity index (χ2v) is 0. The van der Waals surface area contributed by atoms with Gasteiger partial charge in [-0.3, -0.25) is 0 Å². The van der Waals surface area contributed by atoms with E-state index in [1.165, 1.54) is 0 Å². The van der Waals surface area contributed by atoms with E-state index in [9.17, 15) is 0 Å². The van der Waals surface area contributed by atoms with Crippen LogP contribution in [0.15, 0.2) is 0 Å². The molecular formula is H54Al12Na12O53Si12+44. The van der Waals surface area contributed by atoms with Crippen molar-refractivity contribution < 1.29 is 645 Å². The third-order valence-electron chi connectivity index (χ3n) is 0. The van der Waals surface area contributed by atoms with Crippen LogP contribution in [0.4, 0.5) is 0 Å². The van der Waals surface area contributed by atoms with Crippen LogP contribution < -0.4 is 355 Å². The van der Waals surface area contributed by atoms with Gasteiger partial charge in [-0.05, 0) is 0 Å². The largest absolute Gasteiger partial charge is 4.00 e. The van der Waals surface area contributed by atoms with Crippen molar-refractivity contribution in [3.05, 3.63) is 0 Å². The van der Waals surface area contributed by atoms with Crippen LogP contribution in [0.1, 0.15) is 0 Å². The van der Waals surface area contributed by atoms with Gasteiger partial charge in [0.2, 0.25) is 0 Å². The molecule has 0 aromatic heterocycles. The van der Waals surface area contributed by atoms with Crippen LogP contribution in [0.25, 0.3) is 0 Å². The number of hydrogen-bond acceptors (Lipinski definition) is 0. The molecule has 0 aliphatic carbocycles. The fourth-order valence-electron chi connectivity index (χ4n) is 0. The second kappa shape index (κ2) is 3360. The van der Waals surface area contributed by atoms with Gasteiger partial charge in [0.05, 0.1) is 0 Å². The molecule has 0 heterocycles. The third kappa shape index (κ3) is 3300. The smallest absolute Gasteiger partial charge is 2.00 e. The zero-order valence-electron chi connectivity index (χ0n) is 49.0. The Kier molecular flexibility index (Phi) is 131000. The summed E-state index contributed by atoms with van der Waals surface area (Å²) in [6.07, 6.45) is 0. The van der Waals surface area contributed by atoms with Crippen molar-refractivity contribution in [1.82, 2.24) is 0 Å². The van der Waals surface area contributed by atoms with E-state index in [1.54, 1.807) is 0 Å². The van der Waals surface area contributed by atoms with Crippen LogP contribution in [0, 0.1) is 0 Å². The average molecular weight is 1840 g/mol. The zero-order chi connectivity index (χ0) is 0. The topological polar surface area (TPSA) is 1590 Å². The van der Waals surface area contributed by atoms with E-state index in [4.69, 9.17) is 0 Å². The molecule has 0 radical (unpaired) electrons. The van der Waals surface area contributed by atoms with Gasteiger partial charge >= 0.3 is 695 Å². The van der Waals surface area contributed by atoms with Crippen molar-refractivity contribution in [3.8, 4) is 0 Å². The van der Waals surface area contributed by atoms with E-state index in [0.29, 0.717) is 0 Å². The first-order valence-corrected chi connectivity index (χ1v) is 0. The van der Waals surface area contributed by atoms with E-state index in [1.807, 2.05) is 0 Å². The summed E-state index contributed by atoms with van der Waals surface area (Å²) >= 11 is 0. The maximum Gasteiger partial charge on any atom is 4.00 e. The van der Waals surface area contributed by atoms with Crippen molar-refractivity contribution in [2.24, 2.45) is 0 Å². The normalized spacial score (nSPS) is 0. The fraction of sp³-hybridized carbons (Fsp3) is 0. The molecule has 0 fully saturated rings. The first-order chi connectivity index (χ1) is 0. The molecule has 0 amide bonds. The fourth-order valence-corrected chi connectivity index (χ4v) is 0. The molecule has 0 rings (SSSR count). The number of rotatable bonds is 0. The standard InChI is InChI=1S/12Al.12Na.27H2O.26O.12Si/h;;;;;;;;;;;;;;;;;;;;;;;;27*1H2;;;;;;;;;;;;;;;;;;;;;;;;;;;;;;;;;;;;;;/q12*+3;12*+1;;;;;;;;;;;;;;;;;;;;;;;;;;;;26*-2;12*+4. The maximum absolute atomic E-state index is 0. The van der Waals surface area contributed by atoms with Crippen molar-refractivity contribution in [2.75, 3.05) is 0 Å². The number of hydrogen-bond donors (Lipinski definition) is 0. The van der Waals surface area contributed by atoms with Crippen LogP contribution in [-0.4, -0.2) is 488 Å². The molecular weight excluding hydrogens is 1780 g/mol. The molecule has 0 saturated heterocycles.